The molecule has 3 amide bonds. The Morgan fingerprint density at radius 1 is 1.14 bits per heavy atom. The lowest BCUT2D eigenvalue weighted by atomic mass is 10.1. The van der Waals surface area contributed by atoms with Crippen molar-refractivity contribution < 1.29 is 19.1 Å². The number of nitrogens with zero attached hydrogens (tertiary/aromatic N) is 1. The van der Waals surface area contributed by atoms with Gasteiger partial charge in [-0.15, -0.1) is 0 Å². The van der Waals surface area contributed by atoms with Crippen LogP contribution in [0.25, 0.3) is 0 Å². The van der Waals surface area contributed by atoms with Gasteiger partial charge in [0.2, 0.25) is 11.8 Å². The third kappa shape index (κ3) is 8.28. The molecule has 2 aromatic rings. The van der Waals surface area contributed by atoms with Crippen LogP contribution in [0, 0.1) is 5.92 Å². The first kappa shape index (κ1) is 26.5. The zero-order valence-electron chi connectivity index (χ0n) is 20.4. The van der Waals surface area contributed by atoms with E-state index >= 15 is 0 Å². The highest BCUT2D eigenvalue weighted by atomic mass is 35.5. The molecule has 0 unspecified atom stereocenters. The fourth-order valence-electron chi connectivity index (χ4n) is 3.88. The minimum absolute atomic E-state index is 0.00457. The van der Waals surface area contributed by atoms with E-state index in [2.05, 4.69) is 10.6 Å². The van der Waals surface area contributed by atoms with Crippen molar-refractivity contribution >= 4 is 29.3 Å². The predicted molar refractivity (Wildman–Crippen MR) is 137 cm³/mol. The van der Waals surface area contributed by atoms with Gasteiger partial charge in [-0.3, -0.25) is 14.4 Å². The molecule has 188 valence electrons. The van der Waals surface area contributed by atoms with Crippen LogP contribution in [0.15, 0.2) is 48.5 Å². The van der Waals surface area contributed by atoms with Gasteiger partial charge in [-0.1, -0.05) is 55.8 Å². The molecule has 1 atom stereocenters. The summed E-state index contributed by atoms with van der Waals surface area (Å²) >= 11 is 6.12. The zero-order chi connectivity index (χ0) is 25.2. The SMILES string of the molecule is CC(C)[C@H]1COc2ccc(Cl)cc2C(=O)NCCCCN(C(=O)CCc2ccccc2)CC(=O)N1. The molecule has 2 N–H and O–H groups in total. The molecule has 0 saturated heterocycles. The maximum atomic E-state index is 13.0. The van der Waals surface area contributed by atoms with Crippen molar-refractivity contribution in [1.82, 2.24) is 15.5 Å². The monoisotopic (exact) mass is 499 g/mol. The van der Waals surface area contributed by atoms with E-state index in [4.69, 9.17) is 16.3 Å². The van der Waals surface area contributed by atoms with Crippen LogP contribution in [0.2, 0.25) is 5.02 Å². The lowest BCUT2D eigenvalue weighted by molar-refractivity contribution is -0.136. The van der Waals surface area contributed by atoms with Gasteiger partial charge in [0.25, 0.3) is 5.91 Å². The van der Waals surface area contributed by atoms with Gasteiger partial charge in [-0.2, -0.15) is 0 Å². The number of aryl methyl sites for hydroxylation is 1. The van der Waals surface area contributed by atoms with E-state index in [-0.39, 0.29) is 42.8 Å². The van der Waals surface area contributed by atoms with Crippen molar-refractivity contribution in [2.75, 3.05) is 26.2 Å². The standard InChI is InChI=1S/C27H34ClN3O4/c1-19(2)23-18-35-24-12-11-21(28)16-22(24)27(34)29-14-6-7-15-31(17-25(32)30-23)26(33)13-10-20-8-4-3-5-9-20/h3-5,8-9,11-12,16,19,23H,6-7,10,13-15,17-18H2,1-2H3,(H,29,34)(H,30,32)/t23-/m1/s1. The second kappa shape index (κ2) is 13.1. The first-order valence-corrected chi connectivity index (χ1v) is 12.5. The number of benzene rings is 2. The third-order valence-electron chi connectivity index (χ3n) is 6.05. The smallest absolute Gasteiger partial charge is 0.255 e. The van der Waals surface area contributed by atoms with E-state index in [9.17, 15) is 14.4 Å². The van der Waals surface area contributed by atoms with Gasteiger partial charge in [0, 0.05) is 24.5 Å². The number of nitrogens with one attached hydrogen (secondary N) is 2. The van der Waals surface area contributed by atoms with E-state index in [1.165, 1.54) is 0 Å². The molecule has 1 heterocycles. The molecule has 1 aliphatic heterocycles. The van der Waals surface area contributed by atoms with Crippen LogP contribution in [0.5, 0.6) is 5.75 Å². The molecule has 0 aromatic heterocycles. The summed E-state index contributed by atoms with van der Waals surface area (Å²) in [6, 6.07) is 14.5. The third-order valence-corrected chi connectivity index (χ3v) is 6.29. The Bertz CT molecular complexity index is 1010. The number of ether oxygens (including phenoxy) is 1. The number of fused-ring (bicyclic) bond motifs is 1. The van der Waals surface area contributed by atoms with Gasteiger partial charge in [-0.05, 0) is 48.9 Å². The van der Waals surface area contributed by atoms with Crippen LogP contribution >= 0.6 is 11.6 Å². The molecule has 3 rings (SSSR count). The highest BCUT2D eigenvalue weighted by Gasteiger charge is 2.23. The number of rotatable bonds is 4. The summed E-state index contributed by atoms with van der Waals surface area (Å²) in [6.45, 7) is 5.05. The predicted octanol–water partition coefficient (Wildman–Crippen LogP) is 3.84. The molecule has 0 fully saturated rings. The van der Waals surface area contributed by atoms with Crippen LogP contribution in [-0.4, -0.2) is 54.9 Å². The summed E-state index contributed by atoms with van der Waals surface area (Å²) in [4.78, 5) is 40.3. The molecule has 0 radical (unpaired) electrons. The fraction of sp³-hybridized carbons (Fsp3) is 0.444. The van der Waals surface area contributed by atoms with Crippen molar-refractivity contribution in [2.45, 2.75) is 45.6 Å². The second-order valence-electron chi connectivity index (χ2n) is 9.13. The van der Waals surface area contributed by atoms with Crippen LogP contribution in [0.3, 0.4) is 0 Å². The molecule has 8 heteroatoms. The Morgan fingerprint density at radius 2 is 1.91 bits per heavy atom. The van der Waals surface area contributed by atoms with E-state index in [0.29, 0.717) is 55.1 Å². The molecule has 2 aromatic carbocycles. The largest absolute Gasteiger partial charge is 0.491 e. The van der Waals surface area contributed by atoms with Gasteiger partial charge in [-0.25, -0.2) is 0 Å². The summed E-state index contributed by atoms with van der Waals surface area (Å²) in [7, 11) is 0. The Kier molecular flexibility index (Phi) is 9.97. The van der Waals surface area contributed by atoms with Crippen LogP contribution in [0.1, 0.15) is 49.0 Å². The number of amides is 3. The van der Waals surface area contributed by atoms with Crippen molar-refractivity contribution in [1.29, 1.82) is 0 Å². The molecule has 0 bridgehead atoms. The van der Waals surface area contributed by atoms with Gasteiger partial charge in [0.05, 0.1) is 18.2 Å². The molecule has 35 heavy (non-hydrogen) atoms. The van der Waals surface area contributed by atoms with Crippen LogP contribution in [-0.2, 0) is 16.0 Å². The van der Waals surface area contributed by atoms with Crippen LogP contribution < -0.4 is 15.4 Å². The fourth-order valence-corrected chi connectivity index (χ4v) is 4.05. The van der Waals surface area contributed by atoms with E-state index in [0.717, 1.165) is 5.56 Å². The molecule has 7 nitrogen and oxygen atoms in total. The molecule has 0 aliphatic carbocycles. The van der Waals surface area contributed by atoms with Gasteiger partial charge < -0.3 is 20.3 Å². The maximum absolute atomic E-state index is 13.0. The molecule has 0 spiro atoms. The van der Waals surface area contributed by atoms with Crippen molar-refractivity contribution in [3.8, 4) is 5.75 Å². The average molecular weight is 500 g/mol. The van der Waals surface area contributed by atoms with Crippen LogP contribution in [0.4, 0.5) is 0 Å². The van der Waals surface area contributed by atoms with Gasteiger partial charge in [0.15, 0.2) is 0 Å². The summed E-state index contributed by atoms with van der Waals surface area (Å²) in [6.07, 6.45) is 2.29. The number of hydrogen-bond acceptors (Lipinski definition) is 4. The topological polar surface area (TPSA) is 87.7 Å². The van der Waals surface area contributed by atoms with E-state index < -0.39 is 0 Å². The molecule has 0 saturated carbocycles. The summed E-state index contributed by atoms with van der Waals surface area (Å²) < 4.78 is 5.96. The van der Waals surface area contributed by atoms with E-state index in [1.807, 2.05) is 44.2 Å². The second-order valence-corrected chi connectivity index (χ2v) is 9.57. The van der Waals surface area contributed by atoms with Gasteiger partial charge >= 0.3 is 0 Å². The lowest BCUT2D eigenvalue weighted by Crippen LogP contribution is -2.48. The quantitative estimate of drug-likeness (QED) is 0.669. The first-order valence-electron chi connectivity index (χ1n) is 12.1. The van der Waals surface area contributed by atoms with E-state index in [1.54, 1.807) is 23.1 Å². The Balaban J connectivity index is 1.72. The number of hydrogen-bond donors (Lipinski definition) is 2. The molecular formula is C27H34ClN3O4. The Morgan fingerprint density at radius 3 is 2.66 bits per heavy atom. The molecule has 1 aliphatic rings. The number of carbonyl (C=O) groups excluding carboxylic acids is 3. The zero-order valence-corrected chi connectivity index (χ0v) is 21.1. The maximum Gasteiger partial charge on any atom is 0.255 e. The highest BCUT2D eigenvalue weighted by Crippen LogP contribution is 2.24. The summed E-state index contributed by atoms with van der Waals surface area (Å²) in [5, 5.41) is 6.36. The normalized spacial score (nSPS) is 17.9. The van der Waals surface area contributed by atoms with Crippen molar-refractivity contribution in [3.05, 3.63) is 64.7 Å². The Hall–Kier alpha value is -3.06. The van der Waals surface area contributed by atoms with Crippen molar-refractivity contribution in [3.63, 3.8) is 0 Å². The number of carbonyl (C=O) groups is 3. The Labute approximate surface area is 212 Å². The van der Waals surface area contributed by atoms with Crippen molar-refractivity contribution in [2.24, 2.45) is 5.92 Å². The molecular weight excluding hydrogens is 466 g/mol. The summed E-state index contributed by atoms with van der Waals surface area (Å²) in [5.74, 6) is -0.0448. The first-order chi connectivity index (χ1) is 16.8. The summed E-state index contributed by atoms with van der Waals surface area (Å²) in [5.41, 5.74) is 1.45. The van der Waals surface area contributed by atoms with Gasteiger partial charge in [0.1, 0.15) is 12.4 Å². The average Bonchev–Trinajstić information content (AvgIpc) is 2.84. The minimum atomic E-state index is -0.291. The highest BCUT2D eigenvalue weighted by molar-refractivity contribution is 6.31. The lowest BCUT2D eigenvalue weighted by Gasteiger charge is -2.26. The minimum Gasteiger partial charge on any atom is -0.491 e. The number of halogens is 1.